The fraction of sp³-hybridized carbons (Fsp3) is 0.444. The van der Waals surface area contributed by atoms with E-state index >= 15 is 0 Å². The highest BCUT2D eigenvalue weighted by molar-refractivity contribution is 6.01. The zero-order chi connectivity index (χ0) is 18.7. The molecule has 3 rings (SSSR count). The number of nitrogens with one attached hydrogen (secondary N) is 1. The number of rotatable bonds is 6. The molecule has 1 aromatic heterocycles. The molecule has 1 atom stereocenters. The van der Waals surface area contributed by atoms with Crippen molar-refractivity contribution in [3.8, 4) is 5.75 Å². The van der Waals surface area contributed by atoms with Gasteiger partial charge >= 0.3 is 0 Å². The molecule has 0 radical (unpaired) electrons. The molecule has 0 saturated carbocycles. The second kappa shape index (κ2) is 7.55. The number of aryl methyl sites for hydroxylation is 1. The molecule has 0 fully saturated rings. The lowest BCUT2D eigenvalue weighted by atomic mass is 9.89. The lowest BCUT2D eigenvalue weighted by Crippen LogP contribution is -2.38. The van der Waals surface area contributed by atoms with Gasteiger partial charge in [0.1, 0.15) is 5.75 Å². The first-order valence-electron chi connectivity index (χ1n) is 8.63. The van der Waals surface area contributed by atoms with Crippen molar-refractivity contribution in [2.75, 3.05) is 19.0 Å². The first kappa shape index (κ1) is 17.9. The predicted molar refractivity (Wildman–Crippen MR) is 93.7 cm³/mol. The van der Waals surface area contributed by atoms with Gasteiger partial charge in [-0.05, 0) is 30.7 Å². The maximum atomic E-state index is 13.1. The van der Waals surface area contributed by atoms with Crippen molar-refractivity contribution in [2.24, 2.45) is 0 Å². The minimum Gasteiger partial charge on any atom is -0.497 e. The van der Waals surface area contributed by atoms with Crippen LogP contribution in [0.4, 0.5) is 5.69 Å². The minimum atomic E-state index is -0.567. The van der Waals surface area contributed by atoms with E-state index in [2.05, 4.69) is 15.5 Å². The van der Waals surface area contributed by atoms with Gasteiger partial charge in [-0.15, -0.1) is 10.2 Å². The van der Waals surface area contributed by atoms with Gasteiger partial charge in [-0.1, -0.05) is 6.92 Å². The van der Waals surface area contributed by atoms with Crippen LogP contribution in [0.2, 0.25) is 0 Å². The number of anilines is 1. The van der Waals surface area contributed by atoms with E-state index in [1.807, 2.05) is 13.8 Å². The van der Waals surface area contributed by atoms with Gasteiger partial charge in [0.2, 0.25) is 23.6 Å². The molecule has 0 spiro atoms. The highest BCUT2D eigenvalue weighted by Gasteiger charge is 2.34. The summed E-state index contributed by atoms with van der Waals surface area (Å²) >= 11 is 0. The number of fused-ring (bicyclic) bond motifs is 1. The van der Waals surface area contributed by atoms with Gasteiger partial charge in [0.05, 0.1) is 19.6 Å². The smallest absolute Gasteiger partial charge is 0.235 e. The Morgan fingerprint density at radius 1 is 1.35 bits per heavy atom. The van der Waals surface area contributed by atoms with Crippen molar-refractivity contribution in [1.29, 1.82) is 0 Å². The van der Waals surface area contributed by atoms with Crippen molar-refractivity contribution in [3.05, 3.63) is 35.5 Å². The van der Waals surface area contributed by atoms with E-state index in [-0.39, 0.29) is 24.8 Å². The maximum absolute atomic E-state index is 13.1. The number of nitrogens with zero attached hydrogens (tertiary/aromatic N) is 3. The molecule has 2 aromatic rings. The molecule has 2 amide bonds. The molecule has 1 aliphatic rings. The number of hydrogen-bond acceptors (Lipinski definition) is 6. The summed E-state index contributed by atoms with van der Waals surface area (Å²) in [7, 11) is 1.57. The number of likely N-dealkylation sites (N-methyl/N-ethyl adjacent to an activating group) is 1. The van der Waals surface area contributed by atoms with Crippen LogP contribution in [0.15, 0.2) is 22.6 Å². The molecule has 138 valence electrons. The Morgan fingerprint density at radius 3 is 2.77 bits per heavy atom. The Hall–Kier alpha value is -2.90. The van der Waals surface area contributed by atoms with Crippen LogP contribution in [0.5, 0.6) is 5.75 Å². The normalized spacial score (nSPS) is 16.0. The monoisotopic (exact) mass is 358 g/mol. The highest BCUT2D eigenvalue weighted by Crippen LogP contribution is 2.36. The molecular weight excluding hydrogens is 336 g/mol. The summed E-state index contributed by atoms with van der Waals surface area (Å²) in [5.74, 6) is 0.683. The van der Waals surface area contributed by atoms with E-state index in [1.165, 1.54) is 0 Å². The Morgan fingerprint density at radius 2 is 2.12 bits per heavy atom. The summed E-state index contributed by atoms with van der Waals surface area (Å²) < 4.78 is 10.8. The second-order valence-electron chi connectivity index (χ2n) is 6.05. The first-order chi connectivity index (χ1) is 12.5. The molecule has 1 aromatic carbocycles. The van der Waals surface area contributed by atoms with E-state index in [4.69, 9.17) is 9.15 Å². The summed E-state index contributed by atoms with van der Waals surface area (Å²) in [6.45, 7) is 4.50. The minimum absolute atomic E-state index is 0.0968. The number of aromatic nitrogens is 2. The molecular formula is C18H22N4O4. The number of methoxy groups -OCH3 is 1. The molecule has 0 bridgehead atoms. The molecule has 26 heavy (non-hydrogen) atoms. The van der Waals surface area contributed by atoms with Crippen LogP contribution in [0, 0.1) is 0 Å². The molecule has 8 nitrogen and oxygen atoms in total. The van der Waals surface area contributed by atoms with E-state index in [9.17, 15) is 9.59 Å². The van der Waals surface area contributed by atoms with Gasteiger partial charge in [0.25, 0.3) is 0 Å². The van der Waals surface area contributed by atoms with Crippen molar-refractivity contribution in [3.63, 3.8) is 0 Å². The number of carbonyl (C=O) groups is 2. The zero-order valence-corrected chi connectivity index (χ0v) is 15.1. The average Bonchev–Trinajstić information content (AvgIpc) is 3.12. The first-order valence-corrected chi connectivity index (χ1v) is 8.63. The highest BCUT2D eigenvalue weighted by atomic mass is 16.5. The fourth-order valence-corrected chi connectivity index (χ4v) is 3.01. The summed E-state index contributed by atoms with van der Waals surface area (Å²) in [6.07, 6.45) is 0.739. The third kappa shape index (κ3) is 3.54. The SMILES string of the molecule is CCc1nnc(CN(CC)C(=O)[C@@H]2CC(=O)Nc3ccc(OC)cc32)o1. The molecule has 0 saturated heterocycles. The van der Waals surface area contributed by atoms with Gasteiger partial charge in [-0.25, -0.2) is 0 Å². The van der Waals surface area contributed by atoms with Crippen LogP contribution in [0.3, 0.4) is 0 Å². The summed E-state index contributed by atoms with van der Waals surface area (Å²) in [6, 6.07) is 5.31. The number of benzene rings is 1. The molecule has 0 aliphatic carbocycles. The van der Waals surface area contributed by atoms with Crippen LogP contribution in [0.25, 0.3) is 0 Å². The Labute approximate surface area is 151 Å². The summed E-state index contributed by atoms with van der Waals surface area (Å²) in [4.78, 5) is 26.8. The topological polar surface area (TPSA) is 97.6 Å². The van der Waals surface area contributed by atoms with E-state index in [0.717, 1.165) is 5.56 Å². The summed E-state index contributed by atoms with van der Waals surface area (Å²) in [5, 5.41) is 10.7. The number of hydrogen-bond donors (Lipinski definition) is 1. The third-order valence-corrected chi connectivity index (χ3v) is 4.43. The Bertz CT molecular complexity index is 817. The quantitative estimate of drug-likeness (QED) is 0.849. The van der Waals surface area contributed by atoms with E-state index in [0.29, 0.717) is 36.2 Å². The van der Waals surface area contributed by atoms with Crippen LogP contribution < -0.4 is 10.1 Å². The maximum Gasteiger partial charge on any atom is 0.235 e. The van der Waals surface area contributed by atoms with Gasteiger partial charge in [-0.3, -0.25) is 9.59 Å². The standard InChI is InChI=1S/C18H22N4O4/c1-4-16-20-21-17(26-16)10-22(5-2)18(24)13-9-15(23)19-14-7-6-11(25-3)8-12(13)14/h6-8,13H,4-5,9-10H2,1-3H3,(H,19,23)/t13-/m1/s1. The lowest BCUT2D eigenvalue weighted by Gasteiger charge is -2.29. The van der Waals surface area contributed by atoms with Gasteiger partial charge in [0, 0.05) is 25.1 Å². The number of ether oxygens (including phenoxy) is 1. The van der Waals surface area contributed by atoms with Crippen molar-refractivity contribution < 1.29 is 18.7 Å². The van der Waals surface area contributed by atoms with E-state index in [1.54, 1.807) is 30.2 Å². The largest absolute Gasteiger partial charge is 0.497 e. The third-order valence-electron chi connectivity index (χ3n) is 4.43. The second-order valence-corrected chi connectivity index (χ2v) is 6.05. The summed E-state index contributed by atoms with van der Waals surface area (Å²) in [5.41, 5.74) is 1.40. The van der Waals surface area contributed by atoms with Gasteiger partial charge in [0.15, 0.2) is 0 Å². The van der Waals surface area contributed by atoms with Crippen LogP contribution >= 0.6 is 0 Å². The number of carbonyl (C=O) groups excluding carboxylic acids is 2. The van der Waals surface area contributed by atoms with Crippen LogP contribution in [0.1, 0.15) is 43.5 Å². The molecule has 0 unspecified atom stereocenters. The molecule has 8 heteroatoms. The lowest BCUT2D eigenvalue weighted by molar-refractivity contribution is -0.135. The molecule has 1 aliphatic heterocycles. The van der Waals surface area contributed by atoms with Crippen molar-refractivity contribution >= 4 is 17.5 Å². The van der Waals surface area contributed by atoms with Crippen molar-refractivity contribution in [2.45, 2.75) is 39.2 Å². The predicted octanol–water partition coefficient (Wildman–Crippen LogP) is 2.12. The average molecular weight is 358 g/mol. The fourth-order valence-electron chi connectivity index (χ4n) is 3.01. The van der Waals surface area contributed by atoms with Gasteiger partial charge in [-0.2, -0.15) is 0 Å². The Kier molecular flexibility index (Phi) is 5.20. The van der Waals surface area contributed by atoms with Crippen LogP contribution in [-0.2, 0) is 22.6 Å². The van der Waals surface area contributed by atoms with Crippen molar-refractivity contribution in [1.82, 2.24) is 15.1 Å². The molecule has 1 N–H and O–H groups in total. The number of amides is 2. The van der Waals surface area contributed by atoms with Crippen LogP contribution in [-0.4, -0.2) is 40.6 Å². The van der Waals surface area contributed by atoms with Gasteiger partial charge < -0.3 is 19.4 Å². The Balaban J connectivity index is 1.86. The van der Waals surface area contributed by atoms with E-state index < -0.39 is 5.92 Å². The zero-order valence-electron chi connectivity index (χ0n) is 15.1. The molecule has 2 heterocycles.